The van der Waals surface area contributed by atoms with Gasteiger partial charge in [0.05, 0.1) is 18.3 Å². The summed E-state index contributed by atoms with van der Waals surface area (Å²) in [6.45, 7) is 1.43. The number of amides is 1. The predicted molar refractivity (Wildman–Crippen MR) is 68.1 cm³/mol. The fraction of sp³-hybridized carbons (Fsp3) is 0.615. The molecule has 1 aliphatic carbocycles. The van der Waals surface area contributed by atoms with Gasteiger partial charge in [-0.25, -0.2) is 14.4 Å². The molecule has 2 fully saturated rings. The standard InChI is InChI=1S/C13H17FN4O/c14-10-6-15-13(16-7-10)18-5-1-2-9(8-18)12(19)17-11-3-4-11/h6-7,9,11H,1-5,8H2,(H,17,19). The first-order valence-electron chi connectivity index (χ1n) is 6.75. The monoisotopic (exact) mass is 264 g/mol. The number of carbonyl (C=O) groups excluding carboxylic acids is 1. The largest absolute Gasteiger partial charge is 0.353 e. The third kappa shape index (κ3) is 3.00. The maximum absolute atomic E-state index is 12.8. The molecular formula is C13H17FN4O. The smallest absolute Gasteiger partial charge is 0.225 e. The number of nitrogens with zero attached hydrogens (tertiary/aromatic N) is 3. The zero-order valence-electron chi connectivity index (χ0n) is 10.7. The highest BCUT2D eigenvalue weighted by atomic mass is 19.1. The first-order valence-corrected chi connectivity index (χ1v) is 6.75. The minimum absolute atomic E-state index is 0.0111. The molecule has 1 aromatic rings. The molecule has 0 spiro atoms. The van der Waals surface area contributed by atoms with Gasteiger partial charge in [-0.2, -0.15) is 0 Å². The van der Waals surface area contributed by atoms with E-state index in [9.17, 15) is 9.18 Å². The van der Waals surface area contributed by atoms with Gasteiger partial charge in [-0.3, -0.25) is 4.79 Å². The van der Waals surface area contributed by atoms with Crippen LogP contribution in [0.25, 0.3) is 0 Å². The zero-order valence-corrected chi connectivity index (χ0v) is 10.7. The van der Waals surface area contributed by atoms with Gasteiger partial charge in [0.15, 0.2) is 5.82 Å². The highest BCUT2D eigenvalue weighted by molar-refractivity contribution is 5.80. The molecule has 6 heteroatoms. The molecule has 1 saturated heterocycles. The SMILES string of the molecule is O=C(NC1CC1)C1CCCN(c2ncc(F)cn2)C1. The summed E-state index contributed by atoms with van der Waals surface area (Å²) >= 11 is 0. The van der Waals surface area contributed by atoms with E-state index in [1.54, 1.807) is 0 Å². The van der Waals surface area contributed by atoms with Crippen LogP contribution in [0.1, 0.15) is 25.7 Å². The molecule has 2 heterocycles. The molecule has 2 aliphatic rings. The summed E-state index contributed by atoms with van der Waals surface area (Å²) < 4.78 is 12.8. The van der Waals surface area contributed by atoms with Crippen LogP contribution < -0.4 is 10.2 Å². The van der Waals surface area contributed by atoms with Gasteiger partial charge < -0.3 is 10.2 Å². The predicted octanol–water partition coefficient (Wildman–Crippen LogP) is 1.11. The summed E-state index contributed by atoms with van der Waals surface area (Å²) in [6.07, 6.45) is 6.36. The molecule has 1 unspecified atom stereocenters. The van der Waals surface area contributed by atoms with Crippen molar-refractivity contribution in [3.63, 3.8) is 0 Å². The quantitative estimate of drug-likeness (QED) is 0.888. The van der Waals surface area contributed by atoms with Crippen LogP contribution in [-0.4, -0.2) is 35.0 Å². The Morgan fingerprint density at radius 1 is 1.32 bits per heavy atom. The first kappa shape index (κ1) is 12.3. The van der Waals surface area contributed by atoms with Crippen molar-refractivity contribution < 1.29 is 9.18 Å². The number of aromatic nitrogens is 2. The average Bonchev–Trinajstić information content (AvgIpc) is 3.24. The van der Waals surface area contributed by atoms with Crippen molar-refractivity contribution in [2.75, 3.05) is 18.0 Å². The molecule has 3 rings (SSSR count). The van der Waals surface area contributed by atoms with Crippen molar-refractivity contribution in [3.8, 4) is 0 Å². The van der Waals surface area contributed by atoms with Gasteiger partial charge in [0.2, 0.25) is 11.9 Å². The van der Waals surface area contributed by atoms with Gasteiger partial charge in [0.25, 0.3) is 0 Å². The minimum Gasteiger partial charge on any atom is -0.353 e. The van der Waals surface area contributed by atoms with Crippen LogP contribution in [0.4, 0.5) is 10.3 Å². The Kier molecular flexibility index (Phi) is 3.31. The normalized spacial score (nSPS) is 23.2. The van der Waals surface area contributed by atoms with E-state index in [0.717, 1.165) is 44.6 Å². The molecule has 0 aromatic carbocycles. The van der Waals surface area contributed by atoms with E-state index in [4.69, 9.17) is 0 Å². The molecule has 1 aliphatic heterocycles. The molecule has 1 N–H and O–H groups in total. The summed E-state index contributed by atoms with van der Waals surface area (Å²) in [6, 6.07) is 0.393. The minimum atomic E-state index is -0.441. The van der Waals surface area contributed by atoms with Crippen molar-refractivity contribution in [1.29, 1.82) is 0 Å². The van der Waals surface area contributed by atoms with Gasteiger partial charge >= 0.3 is 0 Å². The van der Waals surface area contributed by atoms with E-state index in [-0.39, 0.29) is 11.8 Å². The molecule has 0 radical (unpaired) electrons. The van der Waals surface area contributed by atoms with E-state index < -0.39 is 5.82 Å². The second-order valence-electron chi connectivity index (χ2n) is 5.27. The van der Waals surface area contributed by atoms with Gasteiger partial charge in [-0.05, 0) is 25.7 Å². The Morgan fingerprint density at radius 2 is 2.05 bits per heavy atom. The molecule has 1 aromatic heterocycles. The van der Waals surface area contributed by atoms with Crippen LogP contribution in [-0.2, 0) is 4.79 Å². The number of hydrogen-bond acceptors (Lipinski definition) is 4. The molecule has 1 atom stereocenters. The van der Waals surface area contributed by atoms with Crippen molar-refractivity contribution in [2.45, 2.75) is 31.7 Å². The summed E-state index contributed by atoms with van der Waals surface area (Å²) in [5, 5.41) is 3.04. The number of piperidine rings is 1. The Labute approximate surface area is 111 Å². The number of rotatable bonds is 3. The zero-order chi connectivity index (χ0) is 13.2. The third-order valence-corrected chi connectivity index (χ3v) is 3.61. The highest BCUT2D eigenvalue weighted by Crippen LogP contribution is 2.23. The fourth-order valence-electron chi connectivity index (χ4n) is 2.39. The van der Waals surface area contributed by atoms with Crippen molar-refractivity contribution in [3.05, 3.63) is 18.2 Å². The van der Waals surface area contributed by atoms with E-state index in [0.29, 0.717) is 18.5 Å². The lowest BCUT2D eigenvalue weighted by Crippen LogP contribution is -2.44. The van der Waals surface area contributed by atoms with Crippen LogP contribution in [0.2, 0.25) is 0 Å². The van der Waals surface area contributed by atoms with Gasteiger partial charge in [0.1, 0.15) is 0 Å². The Morgan fingerprint density at radius 3 is 2.74 bits per heavy atom. The third-order valence-electron chi connectivity index (χ3n) is 3.61. The maximum Gasteiger partial charge on any atom is 0.225 e. The summed E-state index contributed by atoms with van der Waals surface area (Å²) in [5.41, 5.74) is 0. The van der Waals surface area contributed by atoms with E-state index in [1.165, 1.54) is 0 Å². The molecule has 102 valence electrons. The van der Waals surface area contributed by atoms with Gasteiger partial charge in [-0.1, -0.05) is 0 Å². The number of nitrogens with one attached hydrogen (secondary N) is 1. The summed E-state index contributed by atoms with van der Waals surface area (Å²) in [5.74, 6) is 0.187. The number of carbonyl (C=O) groups is 1. The van der Waals surface area contributed by atoms with E-state index in [2.05, 4.69) is 15.3 Å². The molecule has 1 amide bonds. The fourth-order valence-corrected chi connectivity index (χ4v) is 2.39. The lowest BCUT2D eigenvalue weighted by atomic mass is 9.97. The highest BCUT2D eigenvalue weighted by Gasteiger charge is 2.31. The van der Waals surface area contributed by atoms with E-state index >= 15 is 0 Å². The maximum atomic E-state index is 12.8. The lowest BCUT2D eigenvalue weighted by molar-refractivity contribution is -0.125. The Hall–Kier alpha value is -1.72. The van der Waals surface area contributed by atoms with Gasteiger partial charge in [-0.15, -0.1) is 0 Å². The number of anilines is 1. The Balaban J connectivity index is 1.63. The summed E-state index contributed by atoms with van der Waals surface area (Å²) in [4.78, 5) is 22.0. The molecule has 5 nitrogen and oxygen atoms in total. The van der Waals surface area contributed by atoms with Crippen molar-refractivity contribution in [2.24, 2.45) is 5.92 Å². The number of hydrogen-bond donors (Lipinski definition) is 1. The van der Waals surface area contributed by atoms with Crippen LogP contribution in [0.5, 0.6) is 0 Å². The number of halogens is 1. The van der Waals surface area contributed by atoms with Crippen molar-refractivity contribution in [1.82, 2.24) is 15.3 Å². The Bertz CT molecular complexity index is 460. The second-order valence-corrected chi connectivity index (χ2v) is 5.27. The van der Waals surface area contributed by atoms with Crippen LogP contribution in [0.3, 0.4) is 0 Å². The van der Waals surface area contributed by atoms with Crippen LogP contribution in [0, 0.1) is 11.7 Å². The molecule has 19 heavy (non-hydrogen) atoms. The molecule has 0 bridgehead atoms. The first-order chi connectivity index (χ1) is 9.22. The van der Waals surface area contributed by atoms with Crippen LogP contribution in [0.15, 0.2) is 12.4 Å². The van der Waals surface area contributed by atoms with Crippen LogP contribution >= 0.6 is 0 Å². The second kappa shape index (κ2) is 5.11. The summed E-state index contributed by atoms with van der Waals surface area (Å²) in [7, 11) is 0. The molecule has 1 saturated carbocycles. The lowest BCUT2D eigenvalue weighted by Gasteiger charge is -2.31. The van der Waals surface area contributed by atoms with Crippen molar-refractivity contribution >= 4 is 11.9 Å². The van der Waals surface area contributed by atoms with E-state index in [1.807, 2.05) is 4.90 Å². The topological polar surface area (TPSA) is 58.1 Å². The molecular weight excluding hydrogens is 247 g/mol. The van der Waals surface area contributed by atoms with Gasteiger partial charge in [0, 0.05) is 19.1 Å². The average molecular weight is 264 g/mol.